The summed E-state index contributed by atoms with van der Waals surface area (Å²) in [7, 11) is 0. The van der Waals surface area contributed by atoms with Gasteiger partial charge in [0, 0.05) is 41.2 Å². The predicted molar refractivity (Wildman–Crippen MR) is 86.4 cm³/mol. The van der Waals surface area contributed by atoms with E-state index < -0.39 is 0 Å². The second kappa shape index (κ2) is 7.31. The molecule has 19 heavy (non-hydrogen) atoms. The largest absolute Gasteiger partial charge is 0.313 e. The minimum atomic E-state index is 0.522. The normalized spacial score (nSPS) is 14.9. The average molecular weight is 297 g/mol. The van der Waals surface area contributed by atoms with Crippen LogP contribution in [0.25, 0.3) is 4.96 Å². The Hall–Kier alpha value is -0.520. The van der Waals surface area contributed by atoms with Crippen molar-refractivity contribution in [1.29, 1.82) is 0 Å². The third-order valence-corrected chi connectivity index (χ3v) is 5.52. The lowest BCUT2D eigenvalue weighted by Crippen LogP contribution is -2.33. The molecule has 0 amide bonds. The fourth-order valence-corrected chi connectivity index (χ4v) is 3.76. The Labute approximate surface area is 123 Å². The summed E-state index contributed by atoms with van der Waals surface area (Å²) in [6, 6.07) is 0.522. The van der Waals surface area contributed by atoms with Crippen molar-refractivity contribution in [1.82, 2.24) is 14.7 Å². The van der Waals surface area contributed by atoms with Gasteiger partial charge in [-0.25, -0.2) is 4.98 Å². The zero-order chi connectivity index (χ0) is 13.7. The molecule has 2 unspecified atom stereocenters. The Morgan fingerprint density at radius 3 is 3.00 bits per heavy atom. The molecule has 0 aromatic carbocycles. The summed E-state index contributed by atoms with van der Waals surface area (Å²) in [5.74, 6) is 1.16. The first kappa shape index (κ1) is 14.9. The molecule has 0 fully saturated rings. The smallest absolute Gasteiger partial charge is 0.193 e. The van der Waals surface area contributed by atoms with Gasteiger partial charge in [-0.3, -0.25) is 4.40 Å². The average Bonchev–Trinajstić information content (AvgIpc) is 2.96. The van der Waals surface area contributed by atoms with Gasteiger partial charge in [0.1, 0.15) is 0 Å². The standard InChI is InChI=1S/C14H23N3S2/c1-4-11(3)19-10-13(15-5-2)8-12-9-17-6-7-18-14(17)16-12/h6-7,9,11,13,15H,4-5,8,10H2,1-3H3. The van der Waals surface area contributed by atoms with Crippen LogP contribution in [-0.2, 0) is 6.42 Å². The topological polar surface area (TPSA) is 29.3 Å². The van der Waals surface area contributed by atoms with Crippen molar-refractivity contribution in [3.8, 4) is 0 Å². The summed E-state index contributed by atoms with van der Waals surface area (Å²) < 4.78 is 2.12. The Morgan fingerprint density at radius 2 is 2.32 bits per heavy atom. The molecule has 2 atom stereocenters. The number of fused-ring (bicyclic) bond motifs is 1. The lowest BCUT2D eigenvalue weighted by Gasteiger charge is -2.18. The van der Waals surface area contributed by atoms with Gasteiger partial charge in [0.2, 0.25) is 0 Å². The number of aromatic nitrogens is 2. The third-order valence-electron chi connectivity index (χ3n) is 3.25. The molecule has 2 rings (SSSR count). The van der Waals surface area contributed by atoms with Crippen LogP contribution in [-0.4, -0.2) is 33.0 Å². The fraction of sp³-hybridized carbons (Fsp3) is 0.643. The van der Waals surface area contributed by atoms with E-state index >= 15 is 0 Å². The number of nitrogens with one attached hydrogen (secondary N) is 1. The number of thiazole rings is 1. The quantitative estimate of drug-likeness (QED) is 0.809. The van der Waals surface area contributed by atoms with E-state index in [4.69, 9.17) is 0 Å². The number of rotatable bonds is 8. The molecule has 106 valence electrons. The molecule has 0 aliphatic carbocycles. The second-order valence-corrected chi connectivity index (χ2v) is 7.18. The first-order valence-electron chi connectivity index (χ1n) is 6.99. The molecule has 0 radical (unpaired) electrons. The van der Waals surface area contributed by atoms with E-state index in [1.807, 2.05) is 0 Å². The van der Waals surface area contributed by atoms with Gasteiger partial charge in [-0.05, 0) is 13.0 Å². The van der Waals surface area contributed by atoms with E-state index in [1.54, 1.807) is 11.3 Å². The molecule has 0 aliphatic heterocycles. The first-order chi connectivity index (χ1) is 9.22. The van der Waals surface area contributed by atoms with Crippen molar-refractivity contribution in [2.45, 2.75) is 44.9 Å². The van der Waals surface area contributed by atoms with Gasteiger partial charge in [-0.15, -0.1) is 11.3 Å². The van der Waals surface area contributed by atoms with E-state index in [1.165, 1.54) is 12.1 Å². The van der Waals surface area contributed by atoms with Crippen LogP contribution in [0.3, 0.4) is 0 Å². The van der Waals surface area contributed by atoms with Crippen LogP contribution in [0, 0.1) is 0 Å². The third kappa shape index (κ3) is 4.23. The van der Waals surface area contributed by atoms with Crippen LogP contribution in [0.15, 0.2) is 17.8 Å². The number of nitrogens with zero attached hydrogens (tertiary/aromatic N) is 2. The van der Waals surface area contributed by atoms with Crippen LogP contribution in [0.1, 0.15) is 32.9 Å². The molecule has 0 saturated carbocycles. The maximum atomic E-state index is 4.67. The van der Waals surface area contributed by atoms with Crippen molar-refractivity contribution in [2.24, 2.45) is 0 Å². The number of hydrogen-bond donors (Lipinski definition) is 1. The van der Waals surface area contributed by atoms with Gasteiger partial charge in [0.05, 0.1) is 5.69 Å². The molecule has 0 spiro atoms. The number of hydrogen-bond acceptors (Lipinski definition) is 4. The highest BCUT2D eigenvalue weighted by molar-refractivity contribution is 7.99. The van der Waals surface area contributed by atoms with Gasteiger partial charge in [-0.2, -0.15) is 11.8 Å². The summed E-state index contributed by atoms with van der Waals surface area (Å²) in [5, 5.41) is 6.40. The Bertz CT molecular complexity index is 463. The number of likely N-dealkylation sites (N-methyl/N-ethyl adjacent to an activating group) is 1. The lowest BCUT2D eigenvalue weighted by molar-refractivity contribution is 0.567. The molecule has 2 heterocycles. The highest BCUT2D eigenvalue weighted by Crippen LogP contribution is 2.17. The molecular weight excluding hydrogens is 274 g/mol. The zero-order valence-corrected chi connectivity index (χ0v) is 13.6. The van der Waals surface area contributed by atoms with Gasteiger partial charge in [-0.1, -0.05) is 20.8 Å². The van der Waals surface area contributed by atoms with Crippen LogP contribution < -0.4 is 5.32 Å². The Morgan fingerprint density at radius 1 is 1.47 bits per heavy atom. The lowest BCUT2D eigenvalue weighted by atomic mass is 10.2. The van der Waals surface area contributed by atoms with Gasteiger partial charge in [0.25, 0.3) is 0 Å². The molecule has 0 aliphatic rings. The van der Waals surface area contributed by atoms with Crippen LogP contribution >= 0.6 is 23.1 Å². The minimum Gasteiger partial charge on any atom is -0.313 e. The van der Waals surface area contributed by atoms with E-state index in [-0.39, 0.29) is 0 Å². The highest BCUT2D eigenvalue weighted by Gasteiger charge is 2.13. The van der Waals surface area contributed by atoms with E-state index in [0.29, 0.717) is 6.04 Å². The summed E-state index contributed by atoms with van der Waals surface area (Å²) in [6.45, 7) is 7.75. The predicted octanol–water partition coefficient (Wildman–Crippen LogP) is 3.45. The summed E-state index contributed by atoms with van der Waals surface area (Å²) in [5.41, 5.74) is 1.20. The first-order valence-corrected chi connectivity index (χ1v) is 8.91. The molecule has 3 nitrogen and oxygen atoms in total. The second-order valence-electron chi connectivity index (χ2n) is 4.84. The molecule has 5 heteroatoms. The van der Waals surface area contributed by atoms with E-state index in [2.05, 4.69) is 65.0 Å². The maximum Gasteiger partial charge on any atom is 0.193 e. The summed E-state index contributed by atoms with van der Waals surface area (Å²) in [6.07, 6.45) is 6.49. The summed E-state index contributed by atoms with van der Waals surface area (Å²) >= 11 is 3.75. The van der Waals surface area contributed by atoms with Gasteiger partial charge >= 0.3 is 0 Å². The molecule has 2 aromatic rings. The Kier molecular flexibility index (Phi) is 5.73. The molecular formula is C14H23N3S2. The van der Waals surface area contributed by atoms with Crippen molar-refractivity contribution < 1.29 is 0 Å². The van der Waals surface area contributed by atoms with Crippen molar-refractivity contribution in [2.75, 3.05) is 12.3 Å². The zero-order valence-electron chi connectivity index (χ0n) is 11.9. The fourth-order valence-electron chi connectivity index (χ4n) is 2.00. The molecule has 0 saturated heterocycles. The Balaban J connectivity index is 1.93. The van der Waals surface area contributed by atoms with Crippen LogP contribution in [0.2, 0.25) is 0 Å². The number of imidazole rings is 1. The van der Waals surface area contributed by atoms with Crippen LogP contribution in [0.4, 0.5) is 0 Å². The van der Waals surface area contributed by atoms with Crippen molar-refractivity contribution >= 4 is 28.1 Å². The minimum absolute atomic E-state index is 0.522. The van der Waals surface area contributed by atoms with Crippen molar-refractivity contribution in [3.63, 3.8) is 0 Å². The SMILES string of the molecule is CCNC(CSC(C)CC)Cc1cn2ccsc2n1. The molecule has 2 aromatic heterocycles. The molecule has 0 bridgehead atoms. The maximum absolute atomic E-state index is 4.67. The van der Waals surface area contributed by atoms with E-state index in [0.717, 1.165) is 28.9 Å². The van der Waals surface area contributed by atoms with Gasteiger partial charge < -0.3 is 5.32 Å². The highest BCUT2D eigenvalue weighted by atomic mass is 32.2. The molecule has 1 N–H and O–H groups in total. The van der Waals surface area contributed by atoms with Crippen LogP contribution in [0.5, 0.6) is 0 Å². The van der Waals surface area contributed by atoms with E-state index in [9.17, 15) is 0 Å². The van der Waals surface area contributed by atoms with Gasteiger partial charge in [0.15, 0.2) is 4.96 Å². The monoisotopic (exact) mass is 297 g/mol. The van der Waals surface area contributed by atoms with Crippen molar-refractivity contribution in [3.05, 3.63) is 23.5 Å². The number of thioether (sulfide) groups is 1. The summed E-state index contributed by atoms with van der Waals surface area (Å²) in [4.78, 5) is 5.77.